The minimum atomic E-state index is -0.307. The van der Waals surface area contributed by atoms with Gasteiger partial charge >= 0.3 is 0 Å². The zero-order valence-corrected chi connectivity index (χ0v) is 14.4. The van der Waals surface area contributed by atoms with Gasteiger partial charge in [0.2, 0.25) is 5.91 Å². The van der Waals surface area contributed by atoms with Crippen LogP contribution in [0.4, 0.5) is 4.39 Å². The second-order valence-electron chi connectivity index (χ2n) is 5.50. The van der Waals surface area contributed by atoms with Crippen molar-refractivity contribution in [3.8, 4) is 0 Å². The highest BCUT2D eigenvalue weighted by Crippen LogP contribution is 2.21. The van der Waals surface area contributed by atoms with Gasteiger partial charge in [-0.2, -0.15) is 0 Å². The Hall–Kier alpha value is -0.650. The van der Waals surface area contributed by atoms with E-state index in [0.717, 1.165) is 31.5 Å². The molecule has 1 unspecified atom stereocenters. The van der Waals surface area contributed by atoms with Crippen molar-refractivity contribution < 1.29 is 9.18 Å². The van der Waals surface area contributed by atoms with E-state index in [0.29, 0.717) is 16.8 Å². The van der Waals surface area contributed by atoms with Gasteiger partial charge in [-0.05, 0) is 59.3 Å². The van der Waals surface area contributed by atoms with Crippen LogP contribution in [0.3, 0.4) is 0 Å². The summed E-state index contributed by atoms with van der Waals surface area (Å²) in [6.45, 7) is 3.57. The molecule has 0 radical (unpaired) electrons. The Morgan fingerprint density at radius 1 is 1.48 bits per heavy atom. The third kappa shape index (κ3) is 4.94. The summed E-state index contributed by atoms with van der Waals surface area (Å²) in [7, 11) is 0. The van der Waals surface area contributed by atoms with Gasteiger partial charge in [0.05, 0.1) is 10.9 Å². The Kier molecular flexibility index (Phi) is 7.10. The van der Waals surface area contributed by atoms with Gasteiger partial charge in [0.15, 0.2) is 0 Å². The Balaban J connectivity index is 0.00000220. The van der Waals surface area contributed by atoms with Crippen LogP contribution >= 0.6 is 28.3 Å². The Morgan fingerprint density at radius 2 is 2.10 bits per heavy atom. The zero-order valence-electron chi connectivity index (χ0n) is 12.0. The number of nitrogens with two attached hydrogens (primary N) is 1. The van der Waals surface area contributed by atoms with Gasteiger partial charge in [0.25, 0.3) is 0 Å². The second kappa shape index (κ2) is 8.11. The molecule has 1 aliphatic rings. The molecule has 1 atom stereocenters. The number of nitrogens with zero attached hydrogens (tertiary/aromatic N) is 1. The maximum absolute atomic E-state index is 13.2. The number of halogens is 3. The van der Waals surface area contributed by atoms with E-state index in [-0.39, 0.29) is 30.2 Å². The highest BCUT2D eigenvalue weighted by molar-refractivity contribution is 9.10. The summed E-state index contributed by atoms with van der Waals surface area (Å²) in [6, 6.07) is 4.91. The minimum Gasteiger partial charge on any atom is -0.342 e. The first kappa shape index (κ1) is 18.4. The zero-order chi connectivity index (χ0) is 14.7. The van der Waals surface area contributed by atoms with Crippen LogP contribution in [-0.2, 0) is 11.2 Å². The summed E-state index contributed by atoms with van der Waals surface area (Å²) < 4.78 is 13.6. The molecule has 0 aliphatic carbocycles. The molecule has 1 saturated heterocycles. The Morgan fingerprint density at radius 3 is 2.62 bits per heavy atom. The van der Waals surface area contributed by atoms with Gasteiger partial charge in [0.1, 0.15) is 5.82 Å². The van der Waals surface area contributed by atoms with Gasteiger partial charge < -0.3 is 10.6 Å². The lowest BCUT2D eigenvalue weighted by atomic mass is 9.91. The standard InChI is InChI=1S/C15H20BrFN2O.ClH/c1-10(18)12-4-6-19(7-5-12)15(20)9-11-2-3-14(17)13(16)8-11;/h2-3,8,10,12H,4-7,9,18H2,1H3;1H. The summed E-state index contributed by atoms with van der Waals surface area (Å²) in [6.07, 6.45) is 2.26. The molecule has 2 rings (SSSR count). The van der Waals surface area contributed by atoms with Crippen LogP contribution in [0.15, 0.2) is 22.7 Å². The van der Waals surface area contributed by atoms with Crippen LogP contribution in [0.1, 0.15) is 25.3 Å². The maximum atomic E-state index is 13.2. The van der Waals surface area contributed by atoms with Crippen molar-refractivity contribution in [2.45, 2.75) is 32.2 Å². The lowest BCUT2D eigenvalue weighted by molar-refractivity contribution is -0.131. The second-order valence-corrected chi connectivity index (χ2v) is 6.36. The number of piperidine rings is 1. The van der Waals surface area contributed by atoms with Crippen molar-refractivity contribution in [3.63, 3.8) is 0 Å². The van der Waals surface area contributed by atoms with E-state index in [9.17, 15) is 9.18 Å². The average molecular weight is 380 g/mol. The molecule has 21 heavy (non-hydrogen) atoms. The van der Waals surface area contributed by atoms with Crippen LogP contribution < -0.4 is 5.73 Å². The molecule has 0 spiro atoms. The van der Waals surface area contributed by atoms with Crippen LogP contribution in [0.25, 0.3) is 0 Å². The van der Waals surface area contributed by atoms with Crippen molar-refractivity contribution in [2.24, 2.45) is 11.7 Å². The summed E-state index contributed by atoms with van der Waals surface area (Å²) in [5.41, 5.74) is 6.73. The average Bonchev–Trinajstić information content (AvgIpc) is 2.43. The molecule has 118 valence electrons. The summed E-state index contributed by atoms with van der Waals surface area (Å²) in [5, 5.41) is 0. The van der Waals surface area contributed by atoms with Gasteiger partial charge in [-0.15, -0.1) is 12.4 Å². The lowest BCUT2D eigenvalue weighted by Crippen LogP contribution is -2.43. The van der Waals surface area contributed by atoms with Gasteiger partial charge in [0, 0.05) is 19.1 Å². The largest absolute Gasteiger partial charge is 0.342 e. The van der Waals surface area contributed by atoms with Crippen molar-refractivity contribution in [1.29, 1.82) is 0 Å². The number of likely N-dealkylation sites (tertiary alicyclic amines) is 1. The summed E-state index contributed by atoms with van der Waals surface area (Å²) >= 11 is 3.14. The van der Waals surface area contributed by atoms with E-state index in [4.69, 9.17) is 5.73 Å². The van der Waals surface area contributed by atoms with E-state index < -0.39 is 0 Å². The van der Waals surface area contributed by atoms with E-state index in [1.54, 1.807) is 12.1 Å². The van der Waals surface area contributed by atoms with E-state index >= 15 is 0 Å². The lowest BCUT2D eigenvalue weighted by Gasteiger charge is -2.33. The van der Waals surface area contributed by atoms with Crippen molar-refractivity contribution in [3.05, 3.63) is 34.1 Å². The predicted molar refractivity (Wildman–Crippen MR) is 88.0 cm³/mol. The molecular weight excluding hydrogens is 359 g/mol. The van der Waals surface area contributed by atoms with Crippen LogP contribution in [-0.4, -0.2) is 29.9 Å². The van der Waals surface area contributed by atoms with Gasteiger partial charge in [-0.1, -0.05) is 6.07 Å². The molecular formula is C15H21BrClFN2O. The fraction of sp³-hybridized carbons (Fsp3) is 0.533. The molecule has 1 fully saturated rings. The number of carbonyl (C=O) groups excluding carboxylic acids is 1. The number of carbonyl (C=O) groups is 1. The number of benzene rings is 1. The molecule has 6 heteroatoms. The summed E-state index contributed by atoms with van der Waals surface area (Å²) in [4.78, 5) is 14.1. The van der Waals surface area contributed by atoms with Gasteiger partial charge in [-0.25, -0.2) is 4.39 Å². The van der Waals surface area contributed by atoms with Crippen molar-refractivity contribution in [1.82, 2.24) is 4.90 Å². The smallest absolute Gasteiger partial charge is 0.226 e. The molecule has 2 N–H and O–H groups in total. The third-order valence-electron chi connectivity index (χ3n) is 3.98. The van der Waals surface area contributed by atoms with Crippen molar-refractivity contribution >= 4 is 34.2 Å². The first-order valence-corrected chi connectivity index (χ1v) is 7.74. The number of rotatable bonds is 3. The minimum absolute atomic E-state index is 0. The van der Waals surface area contributed by atoms with E-state index in [1.165, 1.54) is 6.07 Å². The molecule has 0 aromatic heterocycles. The first-order chi connectivity index (χ1) is 9.47. The molecule has 1 heterocycles. The molecule has 1 amide bonds. The van der Waals surface area contributed by atoms with Crippen molar-refractivity contribution in [2.75, 3.05) is 13.1 Å². The molecule has 0 bridgehead atoms. The highest BCUT2D eigenvalue weighted by atomic mass is 79.9. The Bertz CT molecular complexity index is 491. The SMILES string of the molecule is CC(N)C1CCN(C(=O)Cc2ccc(F)c(Br)c2)CC1.Cl. The fourth-order valence-corrected chi connectivity index (χ4v) is 3.04. The van der Waals surface area contributed by atoms with E-state index in [2.05, 4.69) is 15.9 Å². The van der Waals surface area contributed by atoms with E-state index in [1.807, 2.05) is 11.8 Å². The summed E-state index contributed by atoms with van der Waals surface area (Å²) in [5.74, 6) is 0.310. The topological polar surface area (TPSA) is 46.3 Å². The highest BCUT2D eigenvalue weighted by Gasteiger charge is 2.24. The monoisotopic (exact) mass is 378 g/mol. The van der Waals surface area contributed by atoms with Crippen LogP contribution in [0.2, 0.25) is 0 Å². The van der Waals surface area contributed by atoms with Gasteiger partial charge in [-0.3, -0.25) is 4.79 Å². The number of hydrogen-bond donors (Lipinski definition) is 1. The molecule has 0 saturated carbocycles. The number of amides is 1. The maximum Gasteiger partial charge on any atom is 0.226 e. The normalized spacial score (nSPS) is 17.2. The third-order valence-corrected chi connectivity index (χ3v) is 4.58. The molecule has 1 aliphatic heterocycles. The predicted octanol–water partition coefficient (Wildman–Crippen LogP) is 3.14. The molecule has 3 nitrogen and oxygen atoms in total. The molecule has 1 aromatic carbocycles. The quantitative estimate of drug-likeness (QED) is 0.877. The number of hydrogen-bond acceptors (Lipinski definition) is 2. The first-order valence-electron chi connectivity index (χ1n) is 6.94. The Labute approximate surface area is 139 Å². The fourth-order valence-electron chi connectivity index (χ4n) is 2.61. The molecule has 1 aromatic rings. The van der Waals surface area contributed by atoms with Crippen LogP contribution in [0, 0.1) is 11.7 Å². The van der Waals surface area contributed by atoms with Crippen LogP contribution in [0.5, 0.6) is 0 Å².